The predicted octanol–water partition coefficient (Wildman–Crippen LogP) is 1.90. The van der Waals surface area contributed by atoms with Crippen LogP contribution in [-0.4, -0.2) is 54.1 Å². The number of rotatable bonds is 3. The molecule has 122 valence electrons. The number of likely N-dealkylation sites (tertiary alicyclic amines) is 1. The summed E-state index contributed by atoms with van der Waals surface area (Å²) < 4.78 is 38.5. The summed E-state index contributed by atoms with van der Waals surface area (Å²) in [6.07, 6.45) is -4.73. The number of hydrogen-bond acceptors (Lipinski definition) is 3. The van der Waals surface area contributed by atoms with Crippen LogP contribution in [0.25, 0.3) is 0 Å². The number of likely N-dealkylation sites (N-methyl/N-ethyl adjacent to an activating group) is 1. The van der Waals surface area contributed by atoms with E-state index in [4.69, 9.17) is 0 Å². The normalized spacial score (nSPS) is 22.8. The van der Waals surface area contributed by atoms with Gasteiger partial charge in [-0.05, 0) is 24.1 Å². The van der Waals surface area contributed by atoms with Crippen LogP contribution in [-0.2, 0) is 11.0 Å². The number of halogens is 3. The molecule has 1 aliphatic heterocycles. The summed E-state index contributed by atoms with van der Waals surface area (Å²) in [7, 11) is 3.24. The van der Waals surface area contributed by atoms with E-state index in [1.54, 1.807) is 25.1 Å². The van der Waals surface area contributed by atoms with Gasteiger partial charge in [0, 0.05) is 26.7 Å². The molecule has 0 bridgehead atoms. The van der Waals surface area contributed by atoms with E-state index in [1.807, 2.05) is 0 Å². The van der Waals surface area contributed by atoms with Gasteiger partial charge in [0.05, 0.1) is 18.2 Å². The van der Waals surface area contributed by atoms with Gasteiger partial charge in [-0.15, -0.1) is 0 Å². The van der Waals surface area contributed by atoms with Crippen LogP contribution >= 0.6 is 0 Å². The fourth-order valence-corrected chi connectivity index (χ4v) is 2.64. The Balaban J connectivity index is 2.23. The van der Waals surface area contributed by atoms with Crippen LogP contribution in [0.5, 0.6) is 0 Å². The number of β-amino-alcohol motifs (C(OH)–C–C–N with tert-alkyl or cyclic N) is 1. The molecule has 0 saturated carbocycles. The number of aliphatic hydroxyl groups excluding tert-OH is 1. The van der Waals surface area contributed by atoms with Crippen molar-refractivity contribution in [2.75, 3.05) is 27.2 Å². The van der Waals surface area contributed by atoms with E-state index >= 15 is 0 Å². The number of nitrogens with zero attached hydrogens (tertiary/aromatic N) is 2. The second-order valence-corrected chi connectivity index (χ2v) is 5.75. The Morgan fingerprint density at radius 3 is 2.68 bits per heavy atom. The predicted molar refractivity (Wildman–Crippen MR) is 75.1 cm³/mol. The lowest BCUT2D eigenvalue weighted by atomic mass is 10.0. The summed E-state index contributed by atoms with van der Waals surface area (Å²) in [4.78, 5) is 15.0. The first-order valence-corrected chi connectivity index (χ1v) is 6.98. The van der Waals surface area contributed by atoms with Crippen molar-refractivity contribution < 1.29 is 23.1 Å². The van der Waals surface area contributed by atoms with Crippen molar-refractivity contribution in [1.82, 2.24) is 9.80 Å². The Morgan fingerprint density at radius 2 is 2.09 bits per heavy atom. The average molecular weight is 316 g/mol. The van der Waals surface area contributed by atoms with Crippen LogP contribution in [0.4, 0.5) is 13.2 Å². The number of carbonyl (C=O) groups excluding carboxylic acids is 1. The maximum Gasteiger partial charge on any atom is 0.416 e. The third-order valence-corrected chi connectivity index (χ3v) is 3.82. The van der Waals surface area contributed by atoms with Crippen molar-refractivity contribution in [1.29, 1.82) is 0 Å². The quantitative estimate of drug-likeness (QED) is 0.926. The van der Waals surface area contributed by atoms with Crippen LogP contribution in [0.2, 0.25) is 0 Å². The number of carbonyl (C=O) groups is 1. The van der Waals surface area contributed by atoms with Crippen molar-refractivity contribution in [3.8, 4) is 0 Å². The Bertz CT molecular complexity index is 546. The van der Waals surface area contributed by atoms with E-state index in [9.17, 15) is 23.1 Å². The topological polar surface area (TPSA) is 43.8 Å². The van der Waals surface area contributed by atoms with Crippen molar-refractivity contribution in [3.63, 3.8) is 0 Å². The molecule has 1 N–H and O–H groups in total. The fraction of sp³-hybridized carbons (Fsp3) is 0.533. The zero-order valence-corrected chi connectivity index (χ0v) is 12.5. The van der Waals surface area contributed by atoms with Gasteiger partial charge in [-0.1, -0.05) is 12.1 Å². The molecular formula is C15H19F3N2O2. The van der Waals surface area contributed by atoms with E-state index in [0.717, 1.165) is 12.1 Å². The molecule has 2 unspecified atom stereocenters. The summed E-state index contributed by atoms with van der Waals surface area (Å²) in [5.41, 5.74) is -0.247. The molecule has 2 atom stereocenters. The lowest BCUT2D eigenvalue weighted by Crippen LogP contribution is -2.37. The molecule has 1 saturated heterocycles. The van der Waals surface area contributed by atoms with E-state index in [-0.39, 0.29) is 25.0 Å². The molecule has 1 aromatic rings. The monoisotopic (exact) mass is 316 g/mol. The Kier molecular flexibility index (Phi) is 4.77. The number of aliphatic hydroxyl groups is 1. The van der Waals surface area contributed by atoms with Gasteiger partial charge in [0.1, 0.15) is 0 Å². The van der Waals surface area contributed by atoms with Crippen LogP contribution in [0.3, 0.4) is 0 Å². The Labute approximate surface area is 127 Å². The number of hydrogen-bond donors (Lipinski definition) is 1. The van der Waals surface area contributed by atoms with Gasteiger partial charge in [0.25, 0.3) is 0 Å². The summed E-state index contributed by atoms with van der Waals surface area (Å²) in [6, 6.07) is 4.68. The molecule has 1 fully saturated rings. The van der Waals surface area contributed by atoms with E-state index < -0.39 is 17.8 Å². The minimum atomic E-state index is -4.41. The molecule has 0 aliphatic carbocycles. The van der Waals surface area contributed by atoms with Gasteiger partial charge in [0.15, 0.2) is 0 Å². The zero-order chi connectivity index (χ0) is 16.5. The number of benzene rings is 1. The maximum atomic E-state index is 12.8. The van der Waals surface area contributed by atoms with Crippen LogP contribution < -0.4 is 0 Å². The summed E-state index contributed by atoms with van der Waals surface area (Å²) in [5, 5.41) is 9.82. The average Bonchev–Trinajstić information content (AvgIpc) is 2.78. The Hall–Kier alpha value is -1.60. The van der Waals surface area contributed by atoms with Gasteiger partial charge in [0.2, 0.25) is 5.91 Å². The molecule has 1 aliphatic rings. The second kappa shape index (κ2) is 6.26. The molecule has 1 amide bonds. The number of alkyl halides is 3. The fourth-order valence-electron chi connectivity index (χ4n) is 2.64. The van der Waals surface area contributed by atoms with Crippen LogP contribution in [0.1, 0.15) is 23.6 Å². The van der Waals surface area contributed by atoms with Crippen molar-refractivity contribution >= 4 is 5.91 Å². The highest BCUT2D eigenvalue weighted by Crippen LogP contribution is 2.35. The van der Waals surface area contributed by atoms with Gasteiger partial charge < -0.3 is 10.0 Å². The minimum absolute atomic E-state index is 0.0744. The largest absolute Gasteiger partial charge is 0.416 e. The minimum Gasteiger partial charge on any atom is -0.392 e. The highest BCUT2D eigenvalue weighted by atomic mass is 19.4. The van der Waals surface area contributed by atoms with E-state index in [1.165, 1.54) is 11.0 Å². The first-order valence-electron chi connectivity index (χ1n) is 6.98. The maximum absolute atomic E-state index is 12.8. The molecule has 22 heavy (non-hydrogen) atoms. The lowest BCUT2D eigenvalue weighted by molar-refractivity contribution is -0.137. The van der Waals surface area contributed by atoms with Gasteiger partial charge in [-0.3, -0.25) is 9.69 Å². The highest BCUT2D eigenvalue weighted by Gasteiger charge is 2.35. The zero-order valence-electron chi connectivity index (χ0n) is 12.5. The first-order chi connectivity index (χ1) is 10.2. The van der Waals surface area contributed by atoms with Crippen molar-refractivity contribution in [3.05, 3.63) is 35.4 Å². The smallest absolute Gasteiger partial charge is 0.392 e. The number of amides is 1. The highest BCUT2D eigenvalue weighted by molar-refractivity contribution is 5.77. The molecule has 0 spiro atoms. The SMILES string of the molecule is CN(C)C(=O)CN1CC(O)CC1c1cccc(C(F)(F)F)c1. The molecule has 2 rings (SSSR count). The lowest BCUT2D eigenvalue weighted by Gasteiger charge is -2.25. The molecular weight excluding hydrogens is 297 g/mol. The molecule has 7 heteroatoms. The van der Waals surface area contributed by atoms with Crippen molar-refractivity contribution in [2.24, 2.45) is 0 Å². The molecule has 1 heterocycles. The van der Waals surface area contributed by atoms with Crippen LogP contribution in [0.15, 0.2) is 24.3 Å². The van der Waals surface area contributed by atoms with Gasteiger partial charge in [-0.25, -0.2) is 0 Å². The summed E-state index contributed by atoms with van der Waals surface area (Å²) in [5.74, 6) is -0.147. The molecule has 0 radical (unpaired) electrons. The van der Waals surface area contributed by atoms with Crippen LogP contribution in [0, 0.1) is 0 Å². The molecule has 1 aromatic carbocycles. The molecule has 0 aromatic heterocycles. The van der Waals surface area contributed by atoms with E-state index in [2.05, 4.69) is 0 Å². The third kappa shape index (κ3) is 3.78. The summed E-state index contributed by atoms with van der Waals surface area (Å²) >= 11 is 0. The Morgan fingerprint density at radius 1 is 1.41 bits per heavy atom. The van der Waals surface area contributed by atoms with Gasteiger partial charge >= 0.3 is 6.18 Å². The second-order valence-electron chi connectivity index (χ2n) is 5.75. The third-order valence-electron chi connectivity index (χ3n) is 3.82. The standard InChI is InChI=1S/C15H19F3N2O2/c1-19(2)14(22)9-20-8-12(21)7-13(20)10-4-3-5-11(6-10)15(16,17)18/h3-6,12-13,21H,7-9H2,1-2H3. The van der Waals surface area contributed by atoms with E-state index in [0.29, 0.717) is 12.0 Å². The first kappa shape index (κ1) is 16.8. The summed E-state index contributed by atoms with van der Waals surface area (Å²) in [6.45, 7) is 0.353. The van der Waals surface area contributed by atoms with Crippen molar-refractivity contribution in [2.45, 2.75) is 24.7 Å². The van der Waals surface area contributed by atoms with Gasteiger partial charge in [-0.2, -0.15) is 13.2 Å². The molecule has 4 nitrogen and oxygen atoms in total.